The molecule has 1 N–H and O–H groups in total. The van der Waals surface area contributed by atoms with Gasteiger partial charge in [-0.05, 0) is 31.9 Å². The molecule has 0 aliphatic carbocycles. The number of fused-ring (bicyclic) bond motifs is 3. The largest absolute Gasteiger partial charge is 0.489 e. The zero-order chi connectivity index (χ0) is 18.4. The van der Waals surface area contributed by atoms with Crippen LogP contribution in [0.2, 0.25) is 0 Å². The van der Waals surface area contributed by atoms with Crippen molar-refractivity contribution in [2.24, 2.45) is 5.92 Å². The predicted molar refractivity (Wildman–Crippen MR) is 90.3 cm³/mol. The first-order valence-corrected chi connectivity index (χ1v) is 8.27. The Balaban J connectivity index is 2.19. The van der Waals surface area contributed by atoms with Crippen molar-refractivity contribution in [1.82, 2.24) is 4.98 Å². The summed E-state index contributed by atoms with van der Waals surface area (Å²) in [5, 5.41) is 3.23. The van der Waals surface area contributed by atoms with Crippen LogP contribution in [0.5, 0.6) is 11.6 Å². The molecule has 0 bridgehead atoms. The monoisotopic (exact) mass is 354 g/mol. The van der Waals surface area contributed by atoms with Crippen LogP contribution in [0.1, 0.15) is 33.3 Å². The molecule has 1 aliphatic rings. The van der Waals surface area contributed by atoms with Crippen molar-refractivity contribution < 1.29 is 22.6 Å². The summed E-state index contributed by atoms with van der Waals surface area (Å²) < 4.78 is 52.1. The number of hydrogen-bond donors (Lipinski definition) is 1. The van der Waals surface area contributed by atoms with Gasteiger partial charge in [-0.1, -0.05) is 13.8 Å². The van der Waals surface area contributed by atoms with Crippen LogP contribution in [0.25, 0.3) is 10.9 Å². The van der Waals surface area contributed by atoms with Crippen molar-refractivity contribution in [2.75, 3.05) is 11.9 Å². The molecular formula is C18H21F3N2O2. The molecule has 25 heavy (non-hydrogen) atoms. The average molecular weight is 354 g/mol. The Bertz CT molecular complexity index is 788. The third-order valence-corrected chi connectivity index (χ3v) is 4.12. The van der Waals surface area contributed by atoms with E-state index < -0.39 is 11.7 Å². The molecule has 1 aromatic carbocycles. The fourth-order valence-corrected chi connectivity index (χ4v) is 2.84. The summed E-state index contributed by atoms with van der Waals surface area (Å²) in [6.45, 7) is 7.86. The number of alkyl halides is 3. The number of nitrogens with one attached hydrogen (secondary N) is 1. The van der Waals surface area contributed by atoms with Crippen LogP contribution in [-0.2, 0) is 6.18 Å². The van der Waals surface area contributed by atoms with Gasteiger partial charge in [0.1, 0.15) is 6.61 Å². The van der Waals surface area contributed by atoms with Gasteiger partial charge in [-0.3, -0.25) is 0 Å². The number of nitrogens with zero attached hydrogens (tertiary/aromatic N) is 1. The Labute approximate surface area is 144 Å². The molecule has 1 aromatic heterocycles. The average Bonchev–Trinajstić information content (AvgIpc) is 2.51. The van der Waals surface area contributed by atoms with E-state index in [0.717, 1.165) is 6.07 Å². The number of pyridine rings is 1. The molecule has 0 radical (unpaired) electrons. The highest BCUT2D eigenvalue weighted by molar-refractivity contribution is 5.95. The minimum Gasteiger partial charge on any atom is -0.489 e. The fourth-order valence-electron chi connectivity index (χ4n) is 2.84. The zero-order valence-electron chi connectivity index (χ0n) is 14.6. The SMILES string of the molecule is CC(C)Oc1cc(C(F)(F)F)c2c3c(ccc2n1)N[C@H](C(C)C)CO3. The van der Waals surface area contributed by atoms with Crippen LogP contribution >= 0.6 is 0 Å². The van der Waals surface area contributed by atoms with Crippen LogP contribution < -0.4 is 14.8 Å². The van der Waals surface area contributed by atoms with Gasteiger partial charge in [-0.25, -0.2) is 4.98 Å². The van der Waals surface area contributed by atoms with Gasteiger partial charge in [0.2, 0.25) is 5.88 Å². The second-order valence-corrected chi connectivity index (χ2v) is 6.81. The molecule has 4 nitrogen and oxygen atoms in total. The summed E-state index contributed by atoms with van der Waals surface area (Å²) in [4.78, 5) is 4.22. The lowest BCUT2D eigenvalue weighted by atomic mass is 10.0. The van der Waals surface area contributed by atoms with Gasteiger partial charge in [-0.15, -0.1) is 0 Å². The molecule has 0 unspecified atom stereocenters. The van der Waals surface area contributed by atoms with Gasteiger partial charge in [0.05, 0.1) is 34.3 Å². The molecule has 7 heteroatoms. The third kappa shape index (κ3) is 3.45. The molecule has 2 aromatic rings. The van der Waals surface area contributed by atoms with Crippen LogP contribution in [0.4, 0.5) is 18.9 Å². The van der Waals surface area contributed by atoms with E-state index in [9.17, 15) is 13.2 Å². The number of ether oxygens (including phenoxy) is 2. The standard InChI is InChI=1S/C18H21F3N2O2/c1-9(2)14-8-24-17-13(22-14)6-5-12-16(17)11(18(19,20)21)7-15(23-12)25-10(3)4/h5-7,9-10,14,22H,8H2,1-4H3/t14-/m0/s1. The first-order valence-electron chi connectivity index (χ1n) is 8.27. The minimum atomic E-state index is -4.54. The number of aromatic nitrogens is 1. The number of hydrogen-bond acceptors (Lipinski definition) is 4. The summed E-state index contributed by atoms with van der Waals surface area (Å²) in [6.07, 6.45) is -4.81. The second-order valence-electron chi connectivity index (χ2n) is 6.81. The molecule has 2 heterocycles. The van der Waals surface area contributed by atoms with E-state index >= 15 is 0 Å². The maximum atomic E-state index is 13.7. The van der Waals surface area contributed by atoms with E-state index in [-0.39, 0.29) is 34.7 Å². The van der Waals surface area contributed by atoms with Gasteiger partial charge in [-0.2, -0.15) is 13.2 Å². The van der Waals surface area contributed by atoms with Crippen LogP contribution in [-0.4, -0.2) is 23.7 Å². The lowest BCUT2D eigenvalue weighted by Gasteiger charge is -2.31. The molecule has 0 fully saturated rings. The van der Waals surface area contributed by atoms with Crippen LogP contribution in [0, 0.1) is 5.92 Å². The molecule has 3 rings (SSSR count). The topological polar surface area (TPSA) is 43.4 Å². The maximum Gasteiger partial charge on any atom is 0.417 e. The van der Waals surface area contributed by atoms with Gasteiger partial charge in [0.15, 0.2) is 5.75 Å². The summed E-state index contributed by atoms with van der Waals surface area (Å²) in [5.41, 5.74) is -0.0360. The third-order valence-electron chi connectivity index (χ3n) is 4.12. The highest BCUT2D eigenvalue weighted by Gasteiger charge is 2.37. The molecule has 1 atom stereocenters. The van der Waals surface area contributed by atoms with Crippen molar-refractivity contribution >= 4 is 16.6 Å². The number of benzene rings is 1. The number of rotatable bonds is 3. The van der Waals surface area contributed by atoms with Crippen molar-refractivity contribution in [1.29, 1.82) is 0 Å². The van der Waals surface area contributed by atoms with Crippen molar-refractivity contribution in [3.05, 3.63) is 23.8 Å². The highest BCUT2D eigenvalue weighted by atomic mass is 19.4. The van der Waals surface area contributed by atoms with E-state index in [1.54, 1.807) is 26.0 Å². The molecule has 1 aliphatic heterocycles. The Kier molecular flexibility index (Phi) is 4.43. The van der Waals surface area contributed by atoms with E-state index in [2.05, 4.69) is 10.3 Å². The van der Waals surface area contributed by atoms with Gasteiger partial charge in [0.25, 0.3) is 0 Å². The number of halogens is 3. The van der Waals surface area contributed by atoms with Crippen LogP contribution in [0.3, 0.4) is 0 Å². The molecule has 0 saturated heterocycles. The highest BCUT2D eigenvalue weighted by Crippen LogP contribution is 2.45. The lowest BCUT2D eigenvalue weighted by molar-refractivity contribution is -0.136. The first kappa shape index (κ1) is 17.6. The predicted octanol–water partition coefficient (Wildman–Crippen LogP) is 4.87. The van der Waals surface area contributed by atoms with Crippen molar-refractivity contribution in [3.63, 3.8) is 0 Å². The normalized spacial score (nSPS) is 17.4. The maximum absolute atomic E-state index is 13.7. The Morgan fingerprint density at radius 3 is 2.56 bits per heavy atom. The van der Waals surface area contributed by atoms with Gasteiger partial charge < -0.3 is 14.8 Å². The van der Waals surface area contributed by atoms with Gasteiger partial charge in [0, 0.05) is 6.07 Å². The van der Waals surface area contributed by atoms with E-state index in [1.807, 2.05) is 13.8 Å². The number of anilines is 1. The molecule has 0 spiro atoms. The Morgan fingerprint density at radius 1 is 1.24 bits per heavy atom. The van der Waals surface area contributed by atoms with Crippen molar-refractivity contribution in [2.45, 2.75) is 46.0 Å². The summed E-state index contributed by atoms with van der Waals surface area (Å²) >= 11 is 0. The minimum absolute atomic E-state index is 0.0317. The Morgan fingerprint density at radius 2 is 1.96 bits per heavy atom. The summed E-state index contributed by atoms with van der Waals surface area (Å²) in [5.74, 6) is 0.454. The zero-order valence-corrected chi connectivity index (χ0v) is 14.6. The lowest BCUT2D eigenvalue weighted by Crippen LogP contribution is -2.35. The Hall–Kier alpha value is -2.18. The quantitative estimate of drug-likeness (QED) is 0.854. The van der Waals surface area contributed by atoms with E-state index in [4.69, 9.17) is 9.47 Å². The smallest absolute Gasteiger partial charge is 0.417 e. The fraction of sp³-hybridized carbons (Fsp3) is 0.500. The summed E-state index contributed by atoms with van der Waals surface area (Å²) in [6, 6.07) is 4.27. The molecule has 136 valence electrons. The van der Waals surface area contributed by atoms with Crippen molar-refractivity contribution in [3.8, 4) is 11.6 Å². The molecule has 0 amide bonds. The van der Waals surface area contributed by atoms with E-state index in [1.165, 1.54) is 0 Å². The molecule has 0 saturated carbocycles. The second kappa shape index (κ2) is 6.28. The summed E-state index contributed by atoms with van der Waals surface area (Å²) in [7, 11) is 0. The first-order chi connectivity index (χ1) is 11.7. The van der Waals surface area contributed by atoms with Crippen LogP contribution in [0.15, 0.2) is 18.2 Å². The van der Waals surface area contributed by atoms with Gasteiger partial charge >= 0.3 is 6.18 Å². The van der Waals surface area contributed by atoms with E-state index in [0.29, 0.717) is 18.2 Å². The molecular weight excluding hydrogens is 333 g/mol.